The van der Waals surface area contributed by atoms with E-state index in [0.717, 1.165) is 23.0 Å². The Kier molecular flexibility index (Phi) is 4.85. The number of carbonyl (C=O) groups excluding carboxylic acids is 1. The second-order valence-electron chi connectivity index (χ2n) is 6.70. The van der Waals surface area contributed by atoms with Crippen molar-refractivity contribution >= 4 is 29.0 Å². The van der Waals surface area contributed by atoms with Crippen LogP contribution in [0.1, 0.15) is 25.8 Å². The third-order valence-electron chi connectivity index (χ3n) is 4.07. The molecule has 0 aliphatic carbocycles. The van der Waals surface area contributed by atoms with E-state index in [4.69, 9.17) is 0 Å². The fraction of sp³-hybridized carbons (Fsp3) is 0.389. The topological polar surface area (TPSA) is 91.5 Å². The molecule has 2 aromatic rings. The molecule has 1 aromatic heterocycles. The second kappa shape index (κ2) is 7.06. The first kappa shape index (κ1) is 17.2. The highest BCUT2D eigenvalue weighted by atomic mass is 16.3. The lowest BCUT2D eigenvalue weighted by atomic mass is 10.0. The van der Waals surface area contributed by atoms with Gasteiger partial charge in [0.2, 0.25) is 5.96 Å². The van der Waals surface area contributed by atoms with E-state index >= 15 is 0 Å². The molecule has 0 saturated carbocycles. The molecule has 3 rings (SSSR count). The number of aliphatic imine (C=N–C) groups is 1. The molecule has 0 fully saturated rings. The number of imidazole rings is 1. The number of guanidine groups is 1. The van der Waals surface area contributed by atoms with Crippen LogP contribution in [0.2, 0.25) is 0 Å². The fourth-order valence-electron chi connectivity index (χ4n) is 2.87. The molecule has 7 nitrogen and oxygen atoms in total. The maximum Gasteiger partial charge on any atom is 0.276 e. The zero-order chi connectivity index (χ0) is 18.0. The zero-order valence-electron chi connectivity index (χ0n) is 14.7. The first-order valence-electron chi connectivity index (χ1n) is 8.36. The average Bonchev–Trinajstić information content (AvgIpc) is 3.10. The number of rotatable bonds is 5. The Balaban J connectivity index is 1.80. The van der Waals surface area contributed by atoms with E-state index in [9.17, 15) is 9.90 Å². The van der Waals surface area contributed by atoms with Crippen LogP contribution in [0.4, 0.5) is 0 Å². The minimum absolute atomic E-state index is 0.0106. The second-order valence-corrected chi connectivity index (χ2v) is 6.70. The Morgan fingerprint density at radius 3 is 2.92 bits per heavy atom. The minimum atomic E-state index is -0.256. The molecule has 1 atom stereocenters. The molecule has 0 bridgehead atoms. The number of aromatic nitrogens is 2. The summed E-state index contributed by atoms with van der Waals surface area (Å²) in [6.07, 6.45) is 4.29. The van der Waals surface area contributed by atoms with Crippen molar-refractivity contribution in [2.24, 2.45) is 18.0 Å². The lowest BCUT2D eigenvalue weighted by Gasteiger charge is -2.18. The van der Waals surface area contributed by atoms with Gasteiger partial charge in [-0.2, -0.15) is 0 Å². The van der Waals surface area contributed by atoms with E-state index in [-0.39, 0.29) is 18.6 Å². The summed E-state index contributed by atoms with van der Waals surface area (Å²) in [5.41, 5.74) is 3.12. The first-order chi connectivity index (χ1) is 12.0. The normalized spacial score (nSPS) is 17.2. The predicted octanol–water partition coefficient (Wildman–Crippen LogP) is 1.40. The van der Waals surface area contributed by atoms with E-state index in [1.54, 1.807) is 12.4 Å². The third kappa shape index (κ3) is 3.88. The van der Waals surface area contributed by atoms with Crippen molar-refractivity contribution in [3.8, 4) is 0 Å². The molecule has 2 heterocycles. The number of aliphatic hydroxyl groups is 1. The van der Waals surface area contributed by atoms with Crippen LogP contribution >= 0.6 is 0 Å². The highest BCUT2D eigenvalue weighted by molar-refractivity contribution is 6.13. The summed E-state index contributed by atoms with van der Waals surface area (Å²) in [4.78, 5) is 20.8. The van der Waals surface area contributed by atoms with Gasteiger partial charge in [0.1, 0.15) is 5.70 Å². The van der Waals surface area contributed by atoms with Crippen LogP contribution in [0, 0.1) is 5.92 Å². The van der Waals surface area contributed by atoms with Crippen LogP contribution in [0.3, 0.4) is 0 Å². The van der Waals surface area contributed by atoms with Crippen LogP contribution in [0.5, 0.6) is 0 Å². The van der Waals surface area contributed by atoms with Gasteiger partial charge in [-0.05, 0) is 36.1 Å². The van der Waals surface area contributed by atoms with Crippen LogP contribution in [0.25, 0.3) is 17.1 Å². The van der Waals surface area contributed by atoms with Gasteiger partial charge < -0.3 is 15.0 Å². The van der Waals surface area contributed by atoms with E-state index in [0.29, 0.717) is 17.6 Å². The van der Waals surface area contributed by atoms with Crippen molar-refractivity contribution in [1.29, 1.82) is 0 Å². The SMILES string of the molecule is CC(C)C[C@H](CO)NC1=N/C(=C\c2ccc3ncn(C)c3c2)C(=O)N1. The van der Waals surface area contributed by atoms with Crippen LogP contribution < -0.4 is 10.6 Å². The van der Waals surface area contributed by atoms with Crippen LogP contribution in [-0.4, -0.2) is 39.2 Å². The molecule has 0 saturated heterocycles. The monoisotopic (exact) mass is 341 g/mol. The Hall–Kier alpha value is -2.67. The van der Waals surface area contributed by atoms with Gasteiger partial charge >= 0.3 is 0 Å². The number of nitrogens with zero attached hydrogens (tertiary/aromatic N) is 3. The molecule has 25 heavy (non-hydrogen) atoms. The van der Waals surface area contributed by atoms with E-state index in [1.165, 1.54) is 0 Å². The summed E-state index contributed by atoms with van der Waals surface area (Å²) in [6.45, 7) is 4.15. The predicted molar refractivity (Wildman–Crippen MR) is 97.7 cm³/mol. The summed E-state index contributed by atoms with van der Waals surface area (Å²) in [5.74, 6) is 0.564. The Labute approximate surface area is 146 Å². The molecule has 1 aliphatic rings. The highest BCUT2D eigenvalue weighted by Gasteiger charge is 2.22. The maximum atomic E-state index is 12.1. The summed E-state index contributed by atoms with van der Waals surface area (Å²) in [5, 5.41) is 15.3. The van der Waals surface area contributed by atoms with Gasteiger partial charge in [-0.1, -0.05) is 19.9 Å². The standard InChI is InChI=1S/C18H23N5O2/c1-11(2)6-13(9-24)20-18-21-15(17(25)22-18)7-12-4-5-14-16(8-12)23(3)10-19-14/h4-5,7-8,10-11,13,24H,6,9H2,1-3H3,(H2,20,21,22,25)/b15-7-/t13-/m1/s1. The van der Waals surface area contributed by atoms with Crippen molar-refractivity contribution in [3.63, 3.8) is 0 Å². The van der Waals surface area contributed by atoms with Gasteiger partial charge in [0, 0.05) is 7.05 Å². The van der Waals surface area contributed by atoms with Crippen LogP contribution in [0.15, 0.2) is 35.2 Å². The Bertz CT molecular complexity index is 850. The zero-order valence-corrected chi connectivity index (χ0v) is 14.7. The Morgan fingerprint density at radius 1 is 1.40 bits per heavy atom. The van der Waals surface area contributed by atoms with Crippen molar-refractivity contribution in [3.05, 3.63) is 35.8 Å². The molecule has 3 N–H and O–H groups in total. The molecule has 1 aliphatic heterocycles. The fourth-order valence-corrected chi connectivity index (χ4v) is 2.87. The lowest BCUT2D eigenvalue weighted by Crippen LogP contribution is -2.44. The first-order valence-corrected chi connectivity index (χ1v) is 8.36. The lowest BCUT2D eigenvalue weighted by molar-refractivity contribution is -0.115. The molecular formula is C18H23N5O2. The van der Waals surface area contributed by atoms with Crippen LogP contribution in [-0.2, 0) is 11.8 Å². The smallest absolute Gasteiger partial charge is 0.276 e. The van der Waals surface area contributed by atoms with Crippen molar-refractivity contribution in [1.82, 2.24) is 20.2 Å². The molecule has 0 radical (unpaired) electrons. The van der Waals surface area contributed by atoms with Gasteiger partial charge in [-0.3, -0.25) is 10.1 Å². The van der Waals surface area contributed by atoms with Crippen molar-refractivity contribution in [2.45, 2.75) is 26.3 Å². The number of hydrogen-bond acceptors (Lipinski definition) is 5. The number of fused-ring (bicyclic) bond motifs is 1. The molecule has 0 unspecified atom stereocenters. The number of benzene rings is 1. The maximum absolute atomic E-state index is 12.1. The number of amides is 1. The van der Waals surface area contributed by atoms with E-state index < -0.39 is 0 Å². The summed E-state index contributed by atoms with van der Waals surface area (Å²) < 4.78 is 1.93. The number of aliphatic hydroxyl groups excluding tert-OH is 1. The number of nitrogens with one attached hydrogen (secondary N) is 2. The van der Waals surface area contributed by atoms with E-state index in [2.05, 4.69) is 34.5 Å². The highest BCUT2D eigenvalue weighted by Crippen LogP contribution is 2.18. The number of hydrogen-bond donors (Lipinski definition) is 3. The largest absolute Gasteiger partial charge is 0.394 e. The third-order valence-corrected chi connectivity index (χ3v) is 4.07. The van der Waals surface area contributed by atoms with Gasteiger partial charge in [0.05, 0.1) is 30.0 Å². The van der Waals surface area contributed by atoms with Gasteiger partial charge in [-0.25, -0.2) is 9.98 Å². The summed E-state index contributed by atoms with van der Waals surface area (Å²) in [6, 6.07) is 5.66. The average molecular weight is 341 g/mol. The molecule has 7 heteroatoms. The summed E-state index contributed by atoms with van der Waals surface area (Å²) in [7, 11) is 1.93. The minimum Gasteiger partial charge on any atom is -0.394 e. The van der Waals surface area contributed by atoms with Gasteiger partial charge in [0.25, 0.3) is 5.91 Å². The molecular weight excluding hydrogens is 318 g/mol. The number of carbonyl (C=O) groups is 1. The molecule has 1 aromatic carbocycles. The Morgan fingerprint density at radius 2 is 2.20 bits per heavy atom. The van der Waals surface area contributed by atoms with Gasteiger partial charge in [0.15, 0.2) is 0 Å². The van der Waals surface area contributed by atoms with Crippen molar-refractivity contribution in [2.75, 3.05) is 6.61 Å². The molecule has 132 valence electrons. The van der Waals surface area contributed by atoms with Crippen molar-refractivity contribution < 1.29 is 9.90 Å². The van der Waals surface area contributed by atoms with E-state index in [1.807, 2.05) is 29.8 Å². The summed E-state index contributed by atoms with van der Waals surface area (Å²) >= 11 is 0. The molecule has 0 spiro atoms. The van der Waals surface area contributed by atoms with Gasteiger partial charge in [-0.15, -0.1) is 0 Å². The number of aryl methyl sites for hydroxylation is 1. The molecule has 1 amide bonds. The quantitative estimate of drug-likeness (QED) is 0.717.